The number of rotatable bonds is 2. The molecule has 0 spiro atoms. The van der Waals surface area contributed by atoms with Crippen LogP contribution in [0.25, 0.3) is 16.9 Å². The summed E-state index contributed by atoms with van der Waals surface area (Å²) in [5, 5.41) is 4.44. The van der Waals surface area contributed by atoms with Crippen LogP contribution in [0.5, 0.6) is 0 Å². The molecule has 0 saturated carbocycles. The maximum atomic E-state index is 6.04. The highest BCUT2D eigenvalue weighted by Crippen LogP contribution is 2.24. The zero-order valence-corrected chi connectivity index (χ0v) is 11.3. The minimum absolute atomic E-state index is 0.441. The molecule has 0 aliphatic rings. The molecule has 0 aliphatic heterocycles. The zero-order chi connectivity index (χ0) is 13.6. The number of aromatic nitrogens is 5. The summed E-state index contributed by atoms with van der Waals surface area (Å²) in [6.07, 6.45) is 2.78. The van der Waals surface area contributed by atoms with Gasteiger partial charge in [0.05, 0.1) is 11.4 Å². The Bertz CT molecular complexity index is 752. The number of pyridine rings is 1. The van der Waals surface area contributed by atoms with E-state index in [9.17, 15) is 0 Å². The fraction of sp³-hybridized carbons (Fsp3) is 0.308. The number of anilines is 1. The lowest BCUT2D eigenvalue weighted by Gasteiger charge is -2.04. The van der Waals surface area contributed by atoms with Gasteiger partial charge in [0.2, 0.25) is 5.95 Å². The number of imidazole rings is 1. The third-order valence-corrected chi connectivity index (χ3v) is 3.13. The van der Waals surface area contributed by atoms with E-state index in [4.69, 9.17) is 5.73 Å². The van der Waals surface area contributed by atoms with Gasteiger partial charge in [-0.2, -0.15) is 5.10 Å². The third kappa shape index (κ3) is 1.76. The van der Waals surface area contributed by atoms with Gasteiger partial charge >= 0.3 is 0 Å². The number of nitrogen functional groups attached to an aromatic ring is 1. The topological polar surface area (TPSA) is 74.5 Å². The normalized spacial score (nSPS) is 11.3. The molecule has 0 bridgehead atoms. The maximum Gasteiger partial charge on any atom is 0.207 e. The fourth-order valence-corrected chi connectivity index (χ4v) is 2.27. The van der Waals surface area contributed by atoms with Crippen LogP contribution in [-0.2, 0) is 13.5 Å². The molecule has 0 aromatic carbocycles. The summed E-state index contributed by atoms with van der Waals surface area (Å²) < 4.78 is 3.66. The van der Waals surface area contributed by atoms with Gasteiger partial charge in [-0.25, -0.2) is 9.97 Å². The molecule has 0 unspecified atom stereocenters. The van der Waals surface area contributed by atoms with Crippen molar-refractivity contribution in [2.45, 2.75) is 20.3 Å². The summed E-state index contributed by atoms with van der Waals surface area (Å²) in [7, 11) is 1.90. The summed E-state index contributed by atoms with van der Waals surface area (Å²) in [4.78, 5) is 8.90. The molecule has 0 saturated heterocycles. The van der Waals surface area contributed by atoms with E-state index in [0.29, 0.717) is 5.95 Å². The van der Waals surface area contributed by atoms with E-state index in [0.717, 1.165) is 34.7 Å². The van der Waals surface area contributed by atoms with Gasteiger partial charge in [0.1, 0.15) is 5.52 Å². The van der Waals surface area contributed by atoms with Crippen molar-refractivity contribution >= 4 is 17.1 Å². The molecule has 0 fully saturated rings. The van der Waals surface area contributed by atoms with Crippen LogP contribution < -0.4 is 5.73 Å². The largest absolute Gasteiger partial charge is 0.369 e. The first kappa shape index (κ1) is 11.7. The molecular weight excluding hydrogens is 240 g/mol. The van der Waals surface area contributed by atoms with Crippen molar-refractivity contribution in [1.29, 1.82) is 0 Å². The van der Waals surface area contributed by atoms with Crippen LogP contribution in [-0.4, -0.2) is 24.3 Å². The Labute approximate surface area is 110 Å². The van der Waals surface area contributed by atoms with Crippen LogP contribution in [0.15, 0.2) is 18.3 Å². The second-order valence-corrected chi connectivity index (χ2v) is 4.59. The average Bonchev–Trinajstić information content (AvgIpc) is 2.88. The molecule has 0 atom stereocenters. The molecule has 3 aromatic heterocycles. The lowest BCUT2D eigenvalue weighted by Crippen LogP contribution is -2.03. The molecule has 0 amide bonds. The van der Waals surface area contributed by atoms with Crippen molar-refractivity contribution in [2.24, 2.45) is 7.05 Å². The summed E-state index contributed by atoms with van der Waals surface area (Å²) in [6, 6.07) is 3.87. The standard InChI is InChI=1S/C13H16N6/c1-4-9-11(7-18(3)17-9)19-12-10(16-13(19)14)6-5-8(2)15-12/h5-7H,4H2,1-3H3,(H2,14,16). The van der Waals surface area contributed by atoms with Gasteiger partial charge in [0.25, 0.3) is 0 Å². The lowest BCUT2D eigenvalue weighted by atomic mass is 10.3. The molecule has 19 heavy (non-hydrogen) atoms. The quantitative estimate of drug-likeness (QED) is 0.755. The predicted octanol–water partition coefficient (Wildman–Crippen LogP) is 1.61. The van der Waals surface area contributed by atoms with E-state index in [1.165, 1.54) is 0 Å². The van der Waals surface area contributed by atoms with Crippen molar-refractivity contribution in [2.75, 3.05) is 5.73 Å². The monoisotopic (exact) mass is 256 g/mol. The van der Waals surface area contributed by atoms with Crippen LogP contribution in [0, 0.1) is 6.92 Å². The van der Waals surface area contributed by atoms with E-state index in [2.05, 4.69) is 22.0 Å². The van der Waals surface area contributed by atoms with Crippen LogP contribution in [0.1, 0.15) is 18.3 Å². The van der Waals surface area contributed by atoms with Crippen LogP contribution >= 0.6 is 0 Å². The Morgan fingerprint density at radius 3 is 2.79 bits per heavy atom. The fourth-order valence-electron chi connectivity index (χ4n) is 2.27. The molecule has 3 aromatic rings. The molecule has 3 rings (SSSR count). The Morgan fingerprint density at radius 1 is 1.26 bits per heavy atom. The summed E-state index contributed by atoms with van der Waals surface area (Å²) in [5.41, 5.74) is 10.5. The number of fused-ring (bicyclic) bond motifs is 1. The predicted molar refractivity (Wildman–Crippen MR) is 74.2 cm³/mol. The molecular formula is C13H16N6. The van der Waals surface area contributed by atoms with Crippen molar-refractivity contribution in [3.8, 4) is 5.69 Å². The minimum Gasteiger partial charge on any atom is -0.369 e. The highest BCUT2D eigenvalue weighted by atomic mass is 15.3. The Kier molecular flexibility index (Phi) is 2.51. The first-order valence-electron chi connectivity index (χ1n) is 6.24. The first-order valence-corrected chi connectivity index (χ1v) is 6.24. The van der Waals surface area contributed by atoms with Gasteiger partial charge < -0.3 is 5.73 Å². The van der Waals surface area contributed by atoms with E-state index in [1.807, 2.05) is 36.9 Å². The van der Waals surface area contributed by atoms with Crippen molar-refractivity contribution in [1.82, 2.24) is 24.3 Å². The van der Waals surface area contributed by atoms with Gasteiger partial charge in [0, 0.05) is 18.9 Å². The van der Waals surface area contributed by atoms with Crippen LogP contribution in [0.4, 0.5) is 5.95 Å². The smallest absolute Gasteiger partial charge is 0.207 e. The van der Waals surface area contributed by atoms with E-state index in [1.54, 1.807) is 4.68 Å². The Hall–Kier alpha value is -2.37. The number of hydrogen-bond acceptors (Lipinski definition) is 4. The minimum atomic E-state index is 0.441. The third-order valence-electron chi connectivity index (χ3n) is 3.13. The van der Waals surface area contributed by atoms with E-state index >= 15 is 0 Å². The molecule has 0 radical (unpaired) electrons. The maximum absolute atomic E-state index is 6.04. The molecule has 6 nitrogen and oxygen atoms in total. The molecule has 0 aliphatic carbocycles. The summed E-state index contributed by atoms with van der Waals surface area (Å²) in [5.74, 6) is 0.441. The van der Waals surface area contributed by atoms with Crippen molar-refractivity contribution in [3.63, 3.8) is 0 Å². The van der Waals surface area contributed by atoms with Crippen LogP contribution in [0.3, 0.4) is 0 Å². The Morgan fingerprint density at radius 2 is 2.05 bits per heavy atom. The van der Waals surface area contributed by atoms with Gasteiger partial charge in [-0.05, 0) is 25.5 Å². The van der Waals surface area contributed by atoms with E-state index < -0.39 is 0 Å². The van der Waals surface area contributed by atoms with Crippen LogP contribution in [0.2, 0.25) is 0 Å². The summed E-state index contributed by atoms with van der Waals surface area (Å²) >= 11 is 0. The van der Waals surface area contributed by atoms with Crippen molar-refractivity contribution < 1.29 is 0 Å². The van der Waals surface area contributed by atoms with E-state index in [-0.39, 0.29) is 0 Å². The summed E-state index contributed by atoms with van der Waals surface area (Å²) in [6.45, 7) is 4.02. The zero-order valence-electron chi connectivity index (χ0n) is 11.3. The Balaban J connectivity index is 2.34. The second kappa shape index (κ2) is 4.08. The second-order valence-electron chi connectivity index (χ2n) is 4.59. The van der Waals surface area contributed by atoms with Gasteiger partial charge in [-0.1, -0.05) is 6.92 Å². The highest BCUT2D eigenvalue weighted by molar-refractivity contribution is 5.77. The van der Waals surface area contributed by atoms with Gasteiger partial charge in [-0.3, -0.25) is 9.25 Å². The first-order chi connectivity index (χ1) is 9.10. The number of aryl methyl sites for hydroxylation is 3. The number of hydrogen-bond donors (Lipinski definition) is 1. The lowest BCUT2D eigenvalue weighted by molar-refractivity contribution is 0.746. The van der Waals surface area contributed by atoms with Gasteiger partial charge in [0.15, 0.2) is 5.65 Å². The van der Waals surface area contributed by atoms with Crippen molar-refractivity contribution in [3.05, 3.63) is 29.7 Å². The highest BCUT2D eigenvalue weighted by Gasteiger charge is 2.16. The average molecular weight is 256 g/mol. The van der Waals surface area contributed by atoms with Gasteiger partial charge in [-0.15, -0.1) is 0 Å². The number of nitrogens with zero attached hydrogens (tertiary/aromatic N) is 5. The SMILES string of the molecule is CCc1nn(C)cc1-n1c(N)nc2ccc(C)nc21. The number of nitrogens with two attached hydrogens (primary N) is 1. The molecule has 98 valence electrons. The molecule has 3 heterocycles. The molecule has 6 heteroatoms. The molecule has 2 N–H and O–H groups in total.